The second-order valence-electron chi connectivity index (χ2n) is 6.96. The molecule has 1 amide bonds. The number of hydrogen-bond donors (Lipinski definition) is 1. The molecule has 0 aromatic heterocycles. The summed E-state index contributed by atoms with van der Waals surface area (Å²) in [4.78, 5) is 11.1. The Kier molecular flexibility index (Phi) is 6.07. The number of rotatable bonds is 5. The first-order chi connectivity index (χ1) is 9.95. The normalized spacial score (nSPS) is 15.2. The summed E-state index contributed by atoms with van der Waals surface area (Å²) in [5, 5.41) is 0.616. The van der Waals surface area contributed by atoms with E-state index < -0.39 is 26.6 Å². The number of primary amides is 1. The van der Waals surface area contributed by atoms with Crippen LogP contribution < -0.4 is 5.73 Å². The maximum atomic E-state index is 11.1. The fraction of sp³-hybridized carbons (Fsp3) is 0.562. The van der Waals surface area contributed by atoms with Crippen molar-refractivity contribution in [2.24, 2.45) is 5.73 Å². The van der Waals surface area contributed by atoms with Crippen molar-refractivity contribution in [3.63, 3.8) is 0 Å². The lowest BCUT2D eigenvalue weighted by molar-refractivity contribution is 0.0225. The number of ether oxygens (including phenoxy) is 1. The fourth-order valence-corrected chi connectivity index (χ4v) is 3.41. The Bertz CT molecular complexity index is 528. The number of carbonyl (C=O) groups excluding carboxylic acids is 1. The van der Waals surface area contributed by atoms with Crippen LogP contribution in [-0.4, -0.2) is 20.5 Å². The summed E-state index contributed by atoms with van der Waals surface area (Å²) in [7, 11) is -2.08. The van der Waals surface area contributed by atoms with Gasteiger partial charge >= 0.3 is 6.09 Å². The van der Waals surface area contributed by atoms with Gasteiger partial charge in [-0.15, -0.1) is 0 Å². The van der Waals surface area contributed by atoms with Crippen LogP contribution in [0.3, 0.4) is 0 Å². The lowest BCUT2D eigenvalue weighted by Crippen LogP contribution is -2.44. The standard InChI is InChI=1S/C16H26ClNO3Si/c1-11(20-15(18)19)14(12-9-7-8-10-13(12)17)21-22(5,6)16(2,3)4/h7-11,14H,1-6H3,(H2,18,19)/t11-,14-/m0/s1. The van der Waals surface area contributed by atoms with E-state index in [2.05, 4.69) is 33.9 Å². The van der Waals surface area contributed by atoms with Gasteiger partial charge in [-0.05, 0) is 31.1 Å². The third kappa shape index (κ3) is 4.73. The van der Waals surface area contributed by atoms with E-state index in [-0.39, 0.29) is 5.04 Å². The summed E-state index contributed by atoms with van der Waals surface area (Å²) in [5.41, 5.74) is 5.97. The van der Waals surface area contributed by atoms with Gasteiger partial charge < -0.3 is 14.9 Å². The molecule has 0 fully saturated rings. The molecule has 124 valence electrons. The fourth-order valence-electron chi connectivity index (χ4n) is 1.86. The second kappa shape index (κ2) is 7.02. The van der Waals surface area contributed by atoms with Crippen LogP contribution in [0.4, 0.5) is 4.79 Å². The molecule has 0 heterocycles. The maximum absolute atomic E-state index is 11.1. The van der Waals surface area contributed by atoms with Crippen LogP contribution in [-0.2, 0) is 9.16 Å². The Morgan fingerprint density at radius 1 is 1.27 bits per heavy atom. The Morgan fingerprint density at radius 3 is 2.27 bits per heavy atom. The van der Waals surface area contributed by atoms with Crippen LogP contribution in [0.15, 0.2) is 24.3 Å². The van der Waals surface area contributed by atoms with Crippen LogP contribution in [0.5, 0.6) is 0 Å². The molecule has 0 spiro atoms. The van der Waals surface area contributed by atoms with Crippen LogP contribution >= 0.6 is 11.6 Å². The minimum Gasteiger partial charge on any atom is -0.444 e. The first kappa shape index (κ1) is 19.0. The lowest BCUT2D eigenvalue weighted by atomic mass is 10.1. The molecule has 0 aliphatic rings. The van der Waals surface area contributed by atoms with Gasteiger partial charge in [0.05, 0.1) is 0 Å². The third-order valence-corrected chi connectivity index (χ3v) is 8.97. The quantitative estimate of drug-likeness (QED) is 0.774. The smallest absolute Gasteiger partial charge is 0.404 e. The van der Waals surface area contributed by atoms with E-state index >= 15 is 0 Å². The zero-order chi connectivity index (χ0) is 17.1. The van der Waals surface area contributed by atoms with Crippen molar-refractivity contribution in [3.8, 4) is 0 Å². The van der Waals surface area contributed by atoms with Gasteiger partial charge in [-0.1, -0.05) is 50.6 Å². The highest BCUT2D eigenvalue weighted by molar-refractivity contribution is 6.74. The Balaban J connectivity index is 3.18. The van der Waals surface area contributed by atoms with E-state index in [9.17, 15) is 4.79 Å². The molecule has 0 saturated carbocycles. The number of nitrogens with two attached hydrogens (primary N) is 1. The van der Waals surface area contributed by atoms with Gasteiger partial charge in [0.2, 0.25) is 0 Å². The summed E-state index contributed by atoms with van der Waals surface area (Å²) < 4.78 is 11.6. The molecule has 4 nitrogen and oxygen atoms in total. The molecule has 1 aromatic carbocycles. The molecular formula is C16H26ClNO3Si. The summed E-state index contributed by atoms with van der Waals surface area (Å²) in [6, 6.07) is 7.44. The molecule has 22 heavy (non-hydrogen) atoms. The molecule has 0 radical (unpaired) electrons. The van der Waals surface area contributed by atoms with Gasteiger partial charge in [-0.2, -0.15) is 0 Å². The van der Waals surface area contributed by atoms with Crippen LogP contribution in [0.2, 0.25) is 23.2 Å². The van der Waals surface area contributed by atoms with E-state index in [1.54, 1.807) is 13.0 Å². The molecule has 2 N–H and O–H groups in total. The van der Waals surface area contributed by atoms with Crippen molar-refractivity contribution in [1.82, 2.24) is 0 Å². The number of hydrogen-bond acceptors (Lipinski definition) is 3. The molecule has 0 unspecified atom stereocenters. The first-order valence-corrected chi connectivity index (χ1v) is 10.6. The predicted octanol–water partition coefficient (Wildman–Crippen LogP) is 4.89. The van der Waals surface area contributed by atoms with Gasteiger partial charge in [0.1, 0.15) is 12.2 Å². The van der Waals surface area contributed by atoms with Crippen molar-refractivity contribution in [1.29, 1.82) is 0 Å². The third-order valence-electron chi connectivity index (χ3n) is 4.17. The van der Waals surface area contributed by atoms with Crippen LogP contribution in [0, 0.1) is 0 Å². The Hall–Kier alpha value is -1.04. The van der Waals surface area contributed by atoms with Gasteiger partial charge in [0, 0.05) is 10.6 Å². The number of carbonyl (C=O) groups is 1. The molecule has 1 rings (SSSR count). The highest BCUT2D eigenvalue weighted by atomic mass is 35.5. The van der Waals surface area contributed by atoms with E-state index in [1.807, 2.05) is 18.2 Å². The molecule has 0 bridgehead atoms. The minimum atomic E-state index is -2.08. The largest absolute Gasteiger partial charge is 0.444 e. The second-order valence-corrected chi connectivity index (χ2v) is 12.1. The molecular weight excluding hydrogens is 318 g/mol. The lowest BCUT2D eigenvalue weighted by Gasteiger charge is -2.40. The summed E-state index contributed by atoms with van der Waals surface area (Å²) in [6.07, 6.45) is -1.78. The van der Waals surface area contributed by atoms with Gasteiger partial charge in [-0.25, -0.2) is 4.79 Å². The highest BCUT2D eigenvalue weighted by Gasteiger charge is 2.41. The Morgan fingerprint density at radius 2 is 1.82 bits per heavy atom. The van der Waals surface area contributed by atoms with Crippen LogP contribution in [0.25, 0.3) is 0 Å². The van der Waals surface area contributed by atoms with Gasteiger partial charge in [-0.3, -0.25) is 0 Å². The zero-order valence-corrected chi connectivity index (χ0v) is 15.9. The predicted molar refractivity (Wildman–Crippen MR) is 92.6 cm³/mol. The molecule has 1 aromatic rings. The number of amides is 1. The van der Waals surface area contributed by atoms with E-state index in [0.717, 1.165) is 5.56 Å². The summed E-state index contributed by atoms with van der Waals surface area (Å²) >= 11 is 6.31. The van der Waals surface area contributed by atoms with Gasteiger partial charge in [0.15, 0.2) is 8.32 Å². The van der Waals surface area contributed by atoms with Crippen molar-refractivity contribution in [3.05, 3.63) is 34.9 Å². The first-order valence-electron chi connectivity index (χ1n) is 7.34. The molecule has 0 saturated heterocycles. The van der Waals surface area contributed by atoms with Gasteiger partial charge in [0.25, 0.3) is 0 Å². The monoisotopic (exact) mass is 343 g/mol. The average Bonchev–Trinajstić information content (AvgIpc) is 2.34. The maximum Gasteiger partial charge on any atom is 0.404 e. The number of benzene rings is 1. The zero-order valence-electron chi connectivity index (χ0n) is 14.1. The van der Waals surface area contributed by atoms with Crippen molar-refractivity contribution >= 4 is 26.0 Å². The molecule has 0 aliphatic heterocycles. The summed E-state index contributed by atoms with van der Waals surface area (Å²) in [5.74, 6) is 0. The molecule has 0 aliphatic carbocycles. The van der Waals surface area contributed by atoms with Crippen molar-refractivity contribution in [2.75, 3.05) is 0 Å². The summed E-state index contributed by atoms with van der Waals surface area (Å²) in [6.45, 7) is 12.5. The van der Waals surface area contributed by atoms with E-state index in [0.29, 0.717) is 5.02 Å². The topological polar surface area (TPSA) is 61.5 Å². The SMILES string of the molecule is C[C@H](OC(N)=O)[C@H](O[Si](C)(C)C(C)(C)C)c1ccccc1Cl. The van der Waals surface area contributed by atoms with E-state index in [1.165, 1.54) is 0 Å². The minimum absolute atomic E-state index is 0.0267. The van der Waals surface area contributed by atoms with Crippen molar-refractivity contribution in [2.45, 2.75) is 58.0 Å². The van der Waals surface area contributed by atoms with Crippen LogP contribution in [0.1, 0.15) is 39.4 Å². The number of halogens is 1. The van der Waals surface area contributed by atoms with Crippen molar-refractivity contribution < 1.29 is 14.0 Å². The average molecular weight is 344 g/mol. The molecule has 2 atom stereocenters. The highest BCUT2D eigenvalue weighted by Crippen LogP contribution is 2.42. The molecule has 6 heteroatoms. The van der Waals surface area contributed by atoms with E-state index in [4.69, 9.17) is 26.5 Å². The Labute approximate surface area is 139 Å².